The van der Waals surface area contributed by atoms with Gasteiger partial charge in [-0.15, -0.1) is 0 Å². The van der Waals surface area contributed by atoms with Gasteiger partial charge in [0.2, 0.25) is 0 Å². The maximum absolute atomic E-state index is 12.1. The van der Waals surface area contributed by atoms with Crippen LogP contribution in [0.2, 0.25) is 0 Å². The molecule has 29 heavy (non-hydrogen) atoms. The smallest absolute Gasteiger partial charge is 0.409 e. The predicted octanol–water partition coefficient (Wildman–Crippen LogP) is 3.86. The van der Waals surface area contributed by atoms with Crippen LogP contribution < -0.4 is 5.32 Å². The fourth-order valence-electron chi connectivity index (χ4n) is 4.21. The van der Waals surface area contributed by atoms with Gasteiger partial charge >= 0.3 is 6.09 Å². The van der Waals surface area contributed by atoms with Crippen LogP contribution in [-0.2, 0) is 4.74 Å². The Morgan fingerprint density at radius 1 is 1.17 bits per heavy atom. The van der Waals surface area contributed by atoms with Crippen LogP contribution in [0.15, 0.2) is 59.6 Å². The Morgan fingerprint density at radius 2 is 1.86 bits per heavy atom. The second-order valence-corrected chi connectivity index (χ2v) is 7.60. The third-order valence-corrected chi connectivity index (χ3v) is 5.72. The Kier molecular flexibility index (Phi) is 5.53. The van der Waals surface area contributed by atoms with Crippen molar-refractivity contribution in [1.82, 2.24) is 10.2 Å². The number of hydrogen-bond acceptors (Lipinski definition) is 5. The van der Waals surface area contributed by atoms with Crippen LogP contribution in [0.25, 0.3) is 0 Å². The van der Waals surface area contributed by atoms with Gasteiger partial charge in [-0.2, -0.15) is 0 Å². The highest BCUT2D eigenvalue weighted by Crippen LogP contribution is 2.36. The first-order valence-corrected chi connectivity index (χ1v) is 10.2. The van der Waals surface area contributed by atoms with Crippen molar-refractivity contribution in [2.45, 2.75) is 37.9 Å². The Hall–Kier alpha value is -2.86. The fraction of sp³-hybridized carbons (Fsp3) is 0.391. The summed E-state index contributed by atoms with van der Waals surface area (Å²) in [6.07, 6.45) is 1.84. The molecule has 2 aromatic rings. The van der Waals surface area contributed by atoms with Crippen LogP contribution in [0, 0.1) is 0 Å². The number of para-hydroxylation sites is 1. The number of rotatable bonds is 3. The molecule has 1 fully saturated rings. The lowest BCUT2D eigenvalue weighted by molar-refractivity contribution is 0.0779. The molecule has 6 heteroatoms. The Morgan fingerprint density at radius 3 is 2.55 bits per heavy atom. The van der Waals surface area contributed by atoms with Crippen molar-refractivity contribution >= 4 is 11.8 Å². The van der Waals surface area contributed by atoms with E-state index >= 15 is 0 Å². The summed E-state index contributed by atoms with van der Waals surface area (Å²) < 4.78 is 5.15. The monoisotopic (exact) mass is 393 g/mol. The molecule has 2 heterocycles. The molecule has 2 aliphatic rings. The number of nitrogens with one attached hydrogen (secondary N) is 1. The van der Waals surface area contributed by atoms with Gasteiger partial charge in [0.1, 0.15) is 11.4 Å². The molecule has 0 radical (unpaired) electrons. The van der Waals surface area contributed by atoms with E-state index in [-0.39, 0.29) is 17.9 Å². The van der Waals surface area contributed by atoms with Crippen LogP contribution in [-0.4, -0.2) is 47.2 Å². The minimum atomic E-state index is -0.459. The lowest BCUT2D eigenvalue weighted by Crippen LogP contribution is -2.56. The summed E-state index contributed by atoms with van der Waals surface area (Å²) in [5.74, 6) is 0.249. The number of ether oxygens (including phenoxy) is 1. The molecule has 152 valence electrons. The topological polar surface area (TPSA) is 74.2 Å². The van der Waals surface area contributed by atoms with Gasteiger partial charge in [0.05, 0.1) is 6.61 Å². The lowest BCUT2D eigenvalue weighted by atomic mass is 9.87. The van der Waals surface area contributed by atoms with Gasteiger partial charge in [-0.05, 0) is 24.6 Å². The summed E-state index contributed by atoms with van der Waals surface area (Å²) in [6, 6.07) is 17.8. The third kappa shape index (κ3) is 4.12. The SMILES string of the molecule is CCOC(=O)N1CCC2(CC1)N=C(c1ccccc1O)C[C@H](c1ccccc1)N2. The highest BCUT2D eigenvalue weighted by atomic mass is 16.6. The molecule has 0 unspecified atom stereocenters. The summed E-state index contributed by atoms with van der Waals surface area (Å²) in [5.41, 5.74) is 2.42. The maximum Gasteiger partial charge on any atom is 0.409 e. The molecule has 1 spiro atoms. The summed E-state index contributed by atoms with van der Waals surface area (Å²) in [5, 5.41) is 14.2. The van der Waals surface area contributed by atoms with E-state index in [1.807, 2.05) is 43.3 Å². The first-order chi connectivity index (χ1) is 14.1. The molecule has 2 N–H and O–H groups in total. The van der Waals surface area contributed by atoms with E-state index < -0.39 is 5.66 Å². The molecule has 4 rings (SSSR count). The number of hydrogen-bond donors (Lipinski definition) is 2. The largest absolute Gasteiger partial charge is 0.507 e. The number of piperidine rings is 1. The summed E-state index contributed by atoms with van der Waals surface area (Å²) in [7, 11) is 0. The van der Waals surface area contributed by atoms with Crippen molar-refractivity contribution in [2.75, 3.05) is 19.7 Å². The number of amides is 1. The molecule has 0 aliphatic carbocycles. The summed E-state index contributed by atoms with van der Waals surface area (Å²) >= 11 is 0. The number of phenols is 1. The zero-order chi connectivity index (χ0) is 20.3. The van der Waals surface area contributed by atoms with E-state index in [9.17, 15) is 9.90 Å². The van der Waals surface area contributed by atoms with Crippen molar-refractivity contribution in [3.63, 3.8) is 0 Å². The molecule has 6 nitrogen and oxygen atoms in total. The van der Waals surface area contributed by atoms with Crippen molar-refractivity contribution in [2.24, 2.45) is 4.99 Å². The van der Waals surface area contributed by atoms with Crippen LogP contribution >= 0.6 is 0 Å². The van der Waals surface area contributed by atoms with Gasteiger partial charge < -0.3 is 14.7 Å². The number of aromatic hydroxyl groups is 1. The van der Waals surface area contributed by atoms with E-state index in [0.717, 1.165) is 11.3 Å². The molecule has 1 atom stereocenters. The van der Waals surface area contributed by atoms with Crippen LogP contribution in [0.4, 0.5) is 4.79 Å². The second kappa shape index (κ2) is 8.25. The average molecular weight is 393 g/mol. The number of aliphatic imine (C=N–C) groups is 1. The first kappa shape index (κ1) is 19.5. The van der Waals surface area contributed by atoms with E-state index in [2.05, 4.69) is 17.4 Å². The minimum absolute atomic E-state index is 0.0949. The molecule has 0 aromatic heterocycles. The third-order valence-electron chi connectivity index (χ3n) is 5.72. The summed E-state index contributed by atoms with van der Waals surface area (Å²) in [6.45, 7) is 3.37. The van der Waals surface area contributed by atoms with E-state index in [1.54, 1.807) is 11.0 Å². The Labute approximate surface area is 171 Å². The van der Waals surface area contributed by atoms with Gasteiger partial charge in [0, 0.05) is 49.7 Å². The first-order valence-electron chi connectivity index (χ1n) is 10.2. The standard InChI is InChI=1S/C23H27N3O3/c1-2-29-22(28)26-14-12-23(13-15-26)24-19(17-8-4-3-5-9-17)16-20(25-23)18-10-6-7-11-21(18)27/h3-11,19,24,27H,2,12-16H2,1H3/t19-/m1/s1. The van der Waals surface area contributed by atoms with Crippen LogP contribution in [0.3, 0.4) is 0 Å². The second-order valence-electron chi connectivity index (χ2n) is 7.60. The van der Waals surface area contributed by atoms with Gasteiger partial charge in [-0.3, -0.25) is 10.3 Å². The molecule has 0 bridgehead atoms. The number of carbonyl (C=O) groups is 1. The van der Waals surface area contributed by atoms with Gasteiger partial charge in [0.15, 0.2) is 0 Å². The molecule has 0 saturated carbocycles. The quantitative estimate of drug-likeness (QED) is 0.830. The van der Waals surface area contributed by atoms with E-state index in [4.69, 9.17) is 9.73 Å². The van der Waals surface area contributed by atoms with Gasteiger partial charge in [-0.1, -0.05) is 42.5 Å². The van der Waals surface area contributed by atoms with Gasteiger partial charge in [0.25, 0.3) is 0 Å². The molecule has 1 amide bonds. The van der Waals surface area contributed by atoms with Crippen molar-refractivity contribution in [1.29, 1.82) is 0 Å². The zero-order valence-corrected chi connectivity index (χ0v) is 16.7. The average Bonchev–Trinajstić information content (AvgIpc) is 2.75. The molecule has 1 saturated heterocycles. The van der Waals surface area contributed by atoms with Gasteiger partial charge in [-0.25, -0.2) is 4.79 Å². The van der Waals surface area contributed by atoms with E-state index in [0.29, 0.717) is 39.0 Å². The fourth-order valence-corrected chi connectivity index (χ4v) is 4.21. The van der Waals surface area contributed by atoms with Crippen molar-refractivity contribution < 1.29 is 14.6 Å². The van der Waals surface area contributed by atoms with Crippen LogP contribution in [0.1, 0.15) is 43.4 Å². The minimum Gasteiger partial charge on any atom is -0.507 e. The molecule has 2 aromatic carbocycles. The molecule has 2 aliphatic heterocycles. The number of likely N-dealkylation sites (tertiary alicyclic amines) is 1. The Bertz CT molecular complexity index is 889. The maximum atomic E-state index is 12.1. The highest BCUT2D eigenvalue weighted by molar-refractivity contribution is 6.03. The van der Waals surface area contributed by atoms with E-state index in [1.165, 1.54) is 5.56 Å². The zero-order valence-electron chi connectivity index (χ0n) is 16.7. The van der Waals surface area contributed by atoms with Crippen molar-refractivity contribution in [3.05, 3.63) is 65.7 Å². The Balaban J connectivity index is 1.64. The number of carbonyl (C=O) groups excluding carboxylic acids is 1. The lowest BCUT2D eigenvalue weighted by Gasteiger charge is -2.45. The molecular weight excluding hydrogens is 366 g/mol. The highest BCUT2D eigenvalue weighted by Gasteiger charge is 2.41. The number of nitrogens with zero attached hydrogens (tertiary/aromatic N) is 2. The normalized spacial score (nSPS) is 20.9. The van der Waals surface area contributed by atoms with Crippen LogP contribution in [0.5, 0.6) is 5.75 Å². The molecular formula is C23H27N3O3. The summed E-state index contributed by atoms with van der Waals surface area (Å²) in [4.78, 5) is 18.9. The number of benzene rings is 2. The van der Waals surface area contributed by atoms with Crippen molar-refractivity contribution in [3.8, 4) is 5.75 Å². The predicted molar refractivity (Wildman–Crippen MR) is 112 cm³/mol. The number of phenolic OH excluding ortho intramolecular Hbond substituents is 1.